The molecule has 4 nitrogen and oxygen atoms in total. The standard InChI is InChI=1S/C24H44O4/c1-5-9-10-11-12-13-14-15-19-24(28,18-8-4)22(20-25,21-26)23(27,16-6-2)17-7-3/h6-8,25-28H,2-5,9-21H2,1H3. The second kappa shape index (κ2) is 14.1. The van der Waals surface area contributed by atoms with Crippen molar-refractivity contribution in [2.24, 2.45) is 5.41 Å². The number of hydrogen-bond acceptors (Lipinski definition) is 4. The lowest BCUT2D eigenvalue weighted by Crippen LogP contribution is -2.65. The first kappa shape index (κ1) is 27.1. The van der Waals surface area contributed by atoms with Gasteiger partial charge in [-0.05, 0) is 25.7 Å². The molecule has 0 aromatic carbocycles. The van der Waals surface area contributed by atoms with Crippen molar-refractivity contribution in [3.8, 4) is 0 Å². The fourth-order valence-corrected chi connectivity index (χ4v) is 4.35. The largest absolute Gasteiger partial charge is 0.395 e. The SMILES string of the molecule is C=CCC(O)(CC=C)C(CO)(CO)C(O)(CC=C)CCCCCCCCCC. The van der Waals surface area contributed by atoms with Gasteiger partial charge in [0.05, 0.1) is 29.8 Å². The van der Waals surface area contributed by atoms with Gasteiger partial charge in [-0.2, -0.15) is 0 Å². The Bertz CT molecular complexity index is 432. The summed E-state index contributed by atoms with van der Waals surface area (Å²) < 4.78 is 0. The van der Waals surface area contributed by atoms with Crippen molar-refractivity contribution in [3.05, 3.63) is 38.0 Å². The number of rotatable bonds is 19. The molecule has 0 radical (unpaired) electrons. The minimum Gasteiger partial charge on any atom is -0.395 e. The Balaban J connectivity index is 5.31. The average molecular weight is 397 g/mol. The van der Waals surface area contributed by atoms with E-state index in [0.29, 0.717) is 6.42 Å². The highest BCUT2D eigenvalue weighted by Gasteiger charge is 2.60. The Morgan fingerprint density at radius 3 is 1.43 bits per heavy atom. The maximum absolute atomic E-state index is 11.6. The molecule has 0 bridgehead atoms. The van der Waals surface area contributed by atoms with Crippen LogP contribution in [0.4, 0.5) is 0 Å². The van der Waals surface area contributed by atoms with Crippen LogP contribution in [-0.4, -0.2) is 44.8 Å². The maximum Gasteiger partial charge on any atom is 0.0843 e. The first-order valence-corrected chi connectivity index (χ1v) is 10.9. The maximum atomic E-state index is 11.6. The van der Waals surface area contributed by atoms with Crippen molar-refractivity contribution >= 4 is 0 Å². The highest BCUT2D eigenvalue weighted by molar-refractivity contribution is 5.14. The lowest BCUT2D eigenvalue weighted by molar-refractivity contribution is -0.230. The summed E-state index contributed by atoms with van der Waals surface area (Å²) in [7, 11) is 0. The minimum absolute atomic E-state index is 0.136. The molecular formula is C24H44O4. The van der Waals surface area contributed by atoms with Gasteiger partial charge in [0, 0.05) is 0 Å². The fourth-order valence-electron chi connectivity index (χ4n) is 4.35. The molecule has 4 N–H and O–H groups in total. The predicted octanol–water partition coefficient (Wildman–Crippen LogP) is 4.68. The summed E-state index contributed by atoms with van der Waals surface area (Å²) in [5.74, 6) is 0. The molecule has 0 heterocycles. The van der Waals surface area contributed by atoms with Gasteiger partial charge in [-0.25, -0.2) is 0 Å². The Kier molecular flexibility index (Phi) is 13.6. The quantitative estimate of drug-likeness (QED) is 0.189. The molecule has 0 saturated heterocycles. The van der Waals surface area contributed by atoms with Crippen molar-refractivity contribution in [2.75, 3.05) is 13.2 Å². The summed E-state index contributed by atoms with van der Waals surface area (Å²) >= 11 is 0. The van der Waals surface area contributed by atoms with Crippen LogP contribution in [0.25, 0.3) is 0 Å². The number of aliphatic hydroxyl groups excluding tert-OH is 2. The second-order valence-corrected chi connectivity index (χ2v) is 8.16. The van der Waals surface area contributed by atoms with Gasteiger partial charge in [0.2, 0.25) is 0 Å². The van der Waals surface area contributed by atoms with Gasteiger partial charge in [0.15, 0.2) is 0 Å². The van der Waals surface area contributed by atoms with Crippen molar-refractivity contribution in [1.82, 2.24) is 0 Å². The van der Waals surface area contributed by atoms with Gasteiger partial charge < -0.3 is 20.4 Å². The molecule has 0 fully saturated rings. The molecule has 0 rings (SSSR count). The molecule has 28 heavy (non-hydrogen) atoms. The lowest BCUT2D eigenvalue weighted by atomic mass is 9.57. The van der Waals surface area contributed by atoms with Crippen LogP contribution in [0.1, 0.15) is 84.0 Å². The zero-order chi connectivity index (χ0) is 21.5. The molecule has 0 aromatic heterocycles. The van der Waals surface area contributed by atoms with E-state index in [4.69, 9.17) is 0 Å². The molecule has 0 spiro atoms. The van der Waals surface area contributed by atoms with Gasteiger partial charge in [0.1, 0.15) is 0 Å². The van der Waals surface area contributed by atoms with Crippen LogP contribution in [0, 0.1) is 5.41 Å². The first-order chi connectivity index (χ1) is 13.4. The summed E-state index contributed by atoms with van der Waals surface area (Å²) in [5, 5.41) is 43.4. The Labute approximate surface area is 172 Å². The van der Waals surface area contributed by atoms with E-state index >= 15 is 0 Å². The number of unbranched alkanes of at least 4 members (excludes halogenated alkanes) is 7. The molecule has 0 aliphatic rings. The van der Waals surface area contributed by atoms with Crippen molar-refractivity contribution in [1.29, 1.82) is 0 Å². The molecule has 1 atom stereocenters. The highest BCUT2D eigenvalue weighted by Crippen LogP contribution is 2.49. The first-order valence-electron chi connectivity index (χ1n) is 10.9. The number of aliphatic hydroxyl groups is 4. The van der Waals surface area contributed by atoms with Crippen LogP contribution in [0.3, 0.4) is 0 Å². The van der Waals surface area contributed by atoms with Crippen LogP contribution in [0.2, 0.25) is 0 Å². The van der Waals surface area contributed by atoms with E-state index in [2.05, 4.69) is 26.7 Å². The number of hydrogen-bond donors (Lipinski definition) is 4. The fraction of sp³-hybridized carbons (Fsp3) is 0.750. The van der Waals surface area contributed by atoms with E-state index in [9.17, 15) is 20.4 Å². The van der Waals surface area contributed by atoms with E-state index in [1.807, 2.05) is 0 Å². The van der Waals surface area contributed by atoms with Crippen LogP contribution in [-0.2, 0) is 0 Å². The topological polar surface area (TPSA) is 80.9 Å². The summed E-state index contributed by atoms with van der Waals surface area (Å²) in [6.07, 6.45) is 14.6. The molecule has 1 unspecified atom stereocenters. The van der Waals surface area contributed by atoms with E-state index < -0.39 is 29.8 Å². The molecule has 0 aromatic rings. The Morgan fingerprint density at radius 2 is 1.04 bits per heavy atom. The minimum atomic E-state index is -1.54. The summed E-state index contributed by atoms with van der Waals surface area (Å²) in [6.45, 7) is 12.3. The Morgan fingerprint density at radius 1 is 0.643 bits per heavy atom. The van der Waals surface area contributed by atoms with E-state index in [1.165, 1.54) is 32.1 Å². The zero-order valence-electron chi connectivity index (χ0n) is 18.0. The third kappa shape index (κ3) is 6.84. The van der Waals surface area contributed by atoms with Gasteiger partial charge in [-0.3, -0.25) is 0 Å². The van der Waals surface area contributed by atoms with E-state index in [-0.39, 0.29) is 19.3 Å². The summed E-state index contributed by atoms with van der Waals surface area (Å²) in [4.78, 5) is 0. The third-order valence-electron chi connectivity index (χ3n) is 6.21. The van der Waals surface area contributed by atoms with Gasteiger partial charge >= 0.3 is 0 Å². The van der Waals surface area contributed by atoms with Gasteiger partial charge in [-0.1, -0.05) is 76.5 Å². The van der Waals surface area contributed by atoms with E-state index in [1.54, 1.807) is 18.2 Å². The monoisotopic (exact) mass is 396 g/mol. The lowest BCUT2D eigenvalue weighted by Gasteiger charge is -2.54. The molecule has 4 heteroatoms. The molecule has 0 saturated carbocycles. The highest BCUT2D eigenvalue weighted by atomic mass is 16.3. The zero-order valence-corrected chi connectivity index (χ0v) is 18.0. The summed E-state index contributed by atoms with van der Waals surface area (Å²) in [5.41, 5.74) is -4.52. The Hall–Kier alpha value is -0.940. The van der Waals surface area contributed by atoms with Crippen LogP contribution in [0.15, 0.2) is 38.0 Å². The van der Waals surface area contributed by atoms with Crippen LogP contribution in [0.5, 0.6) is 0 Å². The molecule has 0 aliphatic carbocycles. The molecular weight excluding hydrogens is 352 g/mol. The normalized spacial score (nSPS) is 14.5. The second-order valence-electron chi connectivity index (χ2n) is 8.16. The third-order valence-corrected chi connectivity index (χ3v) is 6.21. The van der Waals surface area contributed by atoms with Gasteiger partial charge in [-0.15, -0.1) is 19.7 Å². The smallest absolute Gasteiger partial charge is 0.0843 e. The molecule has 164 valence electrons. The van der Waals surface area contributed by atoms with Gasteiger partial charge in [0.25, 0.3) is 0 Å². The van der Waals surface area contributed by atoms with Crippen molar-refractivity contribution < 1.29 is 20.4 Å². The van der Waals surface area contributed by atoms with Crippen molar-refractivity contribution in [2.45, 2.75) is 95.2 Å². The average Bonchev–Trinajstić information content (AvgIpc) is 2.66. The van der Waals surface area contributed by atoms with E-state index in [0.717, 1.165) is 19.3 Å². The molecule has 0 amide bonds. The van der Waals surface area contributed by atoms with Crippen molar-refractivity contribution in [3.63, 3.8) is 0 Å². The predicted molar refractivity (Wildman–Crippen MR) is 118 cm³/mol. The molecule has 0 aliphatic heterocycles. The summed E-state index contributed by atoms with van der Waals surface area (Å²) in [6, 6.07) is 0. The van der Waals surface area contributed by atoms with Crippen LogP contribution >= 0.6 is 0 Å². The van der Waals surface area contributed by atoms with Crippen LogP contribution < -0.4 is 0 Å².